The van der Waals surface area contributed by atoms with E-state index >= 15 is 0 Å². The van der Waals surface area contributed by atoms with Gasteiger partial charge in [-0.25, -0.2) is 4.98 Å². The van der Waals surface area contributed by atoms with E-state index in [9.17, 15) is 0 Å². The zero-order valence-corrected chi connectivity index (χ0v) is 9.90. The fraction of sp³-hybridized carbons (Fsp3) is 0.286. The van der Waals surface area contributed by atoms with Gasteiger partial charge < -0.3 is 5.32 Å². The first-order chi connectivity index (χ1) is 8.34. The number of aromatic nitrogens is 2. The van der Waals surface area contributed by atoms with E-state index in [1.807, 2.05) is 12.3 Å². The van der Waals surface area contributed by atoms with Gasteiger partial charge in [0.05, 0.1) is 23.3 Å². The third-order valence-corrected chi connectivity index (χ3v) is 3.18. The van der Waals surface area contributed by atoms with Crippen LogP contribution in [0.1, 0.15) is 17.0 Å². The van der Waals surface area contributed by atoms with Crippen molar-refractivity contribution in [3.05, 3.63) is 47.4 Å². The smallest absolute Gasteiger partial charge is 0.0891 e. The van der Waals surface area contributed by atoms with Gasteiger partial charge in [-0.05, 0) is 12.5 Å². The maximum absolute atomic E-state index is 4.74. The molecule has 1 aromatic carbocycles. The second kappa shape index (κ2) is 4.26. The summed E-state index contributed by atoms with van der Waals surface area (Å²) in [6.07, 6.45) is 2.86. The molecule has 0 fully saturated rings. The van der Waals surface area contributed by atoms with Crippen molar-refractivity contribution < 1.29 is 0 Å². The molecule has 0 unspecified atom stereocenters. The Hall–Kier alpha value is -1.74. The highest BCUT2D eigenvalue weighted by atomic mass is 14.9. The summed E-state index contributed by atoms with van der Waals surface area (Å²) in [5.41, 5.74) is 5.65. The summed E-state index contributed by atoms with van der Waals surface area (Å²) in [7, 11) is 0. The molecular formula is C14H15N3. The average Bonchev–Trinajstić information content (AvgIpc) is 2.39. The van der Waals surface area contributed by atoms with Gasteiger partial charge in [0.1, 0.15) is 0 Å². The number of hydrogen-bond acceptors (Lipinski definition) is 3. The van der Waals surface area contributed by atoms with Crippen LogP contribution < -0.4 is 5.32 Å². The van der Waals surface area contributed by atoms with Crippen LogP contribution in [-0.4, -0.2) is 16.5 Å². The molecule has 1 aliphatic heterocycles. The zero-order chi connectivity index (χ0) is 11.7. The van der Waals surface area contributed by atoms with E-state index < -0.39 is 0 Å². The molecule has 0 spiro atoms. The Morgan fingerprint density at radius 1 is 1.18 bits per heavy atom. The van der Waals surface area contributed by atoms with Crippen molar-refractivity contribution in [2.45, 2.75) is 19.9 Å². The van der Waals surface area contributed by atoms with Crippen LogP contribution in [0.5, 0.6) is 0 Å². The molecule has 2 aromatic rings. The molecule has 3 nitrogen and oxygen atoms in total. The van der Waals surface area contributed by atoms with E-state index in [0.717, 1.165) is 36.6 Å². The molecule has 3 heteroatoms. The Morgan fingerprint density at radius 3 is 2.94 bits per heavy atom. The average molecular weight is 225 g/mol. The van der Waals surface area contributed by atoms with Crippen LogP contribution in [0.25, 0.3) is 11.3 Å². The van der Waals surface area contributed by atoms with Crippen LogP contribution in [0, 0.1) is 6.92 Å². The third kappa shape index (κ3) is 1.94. The molecule has 3 rings (SSSR count). The van der Waals surface area contributed by atoms with Crippen LogP contribution in [-0.2, 0) is 13.0 Å². The number of nitrogens with zero attached hydrogens (tertiary/aromatic N) is 2. The Bertz CT molecular complexity index is 549. The van der Waals surface area contributed by atoms with E-state index in [-0.39, 0.29) is 0 Å². The van der Waals surface area contributed by atoms with Crippen LogP contribution >= 0.6 is 0 Å². The minimum absolute atomic E-state index is 0.844. The second-order valence-electron chi connectivity index (χ2n) is 4.39. The third-order valence-electron chi connectivity index (χ3n) is 3.18. The summed E-state index contributed by atoms with van der Waals surface area (Å²) in [4.78, 5) is 9.25. The summed E-state index contributed by atoms with van der Waals surface area (Å²) >= 11 is 0. The quantitative estimate of drug-likeness (QED) is 0.807. The largest absolute Gasteiger partial charge is 0.311 e. The van der Waals surface area contributed by atoms with Gasteiger partial charge in [-0.15, -0.1) is 0 Å². The summed E-state index contributed by atoms with van der Waals surface area (Å²) < 4.78 is 0. The van der Waals surface area contributed by atoms with Gasteiger partial charge in [-0.1, -0.05) is 24.3 Å². The van der Waals surface area contributed by atoms with Crippen molar-refractivity contribution >= 4 is 0 Å². The molecule has 0 radical (unpaired) electrons. The van der Waals surface area contributed by atoms with Crippen molar-refractivity contribution in [2.24, 2.45) is 0 Å². The van der Waals surface area contributed by atoms with Crippen molar-refractivity contribution in [1.82, 2.24) is 15.3 Å². The second-order valence-corrected chi connectivity index (χ2v) is 4.39. The molecule has 0 atom stereocenters. The van der Waals surface area contributed by atoms with Gasteiger partial charge in [0.2, 0.25) is 0 Å². The van der Waals surface area contributed by atoms with Crippen LogP contribution in [0.3, 0.4) is 0 Å². The monoisotopic (exact) mass is 225 g/mol. The first-order valence-electron chi connectivity index (χ1n) is 5.96. The molecule has 0 saturated carbocycles. The Morgan fingerprint density at radius 2 is 2.06 bits per heavy atom. The summed E-state index contributed by atoms with van der Waals surface area (Å²) in [6.45, 7) is 3.95. The Kier molecular flexibility index (Phi) is 2.61. The number of benzene rings is 1. The van der Waals surface area contributed by atoms with Gasteiger partial charge in [-0.2, -0.15) is 0 Å². The molecule has 0 bridgehead atoms. The van der Waals surface area contributed by atoms with E-state index in [1.54, 1.807) is 0 Å². The number of fused-ring (bicyclic) bond motifs is 1. The van der Waals surface area contributed by atoms with E-state index in [0.29, 0.717) is 0 Å². The highest BCUT2D eigenvalue weighted by molar-refractivity contribution is 5.62. The minimum atomic E-state index is 0.844. The zero-order valence-electron chi connectivity index (χ0n) is 9.90. The van der Waals surface area contributed by atoms with E-state index in [2.05, 4.69) is 35.4 Å². The van der Waals surface area contributed by atoms with Crippen molar-refractivity contribution in [2.75, 3.05) is 6.54 Å². The molecule has 0 aliphatic carbocycles. The number of nitrogens with one attached hydrogen (secondary N) is 1. The molecule has 2 heterocycles. The van der Waals surface area contributed by atoms with Crippen molar-refractivity contribution in [1.29, 1.82) is 0 Å². The molecular weight excluding hydrogens is 210 g/mol. The van der Waals surface area contributed by atoms with E-state index in [1.165, 1.54) is 11.1 Å². The lowest BCUT2D eigenvalue weighted by molar-refractivity contribution is 0.613. The Balaban J connectivity index is 2.07. The molecule has 0 amide bonds. The maximum Gasteiger partial charge on any atom is 0.0891 e. The lowest BCUT2D eigenvalue weighted by atomic mass is 10.1. The molecule has 1 aromatic heterocycles. The fourth-order valence-electron chi connectivity index (χ4n) is 2.20. The van der Waals surface area contributed by atoms with E-state index in [4.69, 9.17) is 4.98 Å². The van der Waals surface area contributed by atoms with Crippen LogP contribution in [0.2, 0.25) is 0 Å². The van der Waals surface area contributed by atoms with Crippen LogP contribution in [0.4, 0.5) is 0 Å². The standard InChI is InChI=1S/C14H15N3/c1-10-4-2-3-5-11(10)13-9-16-14-8-15-7-6-12(14)17-13/h2-5,9,15H,6-8H2,1H3. The SMILES string of the molecule is Cc1ccccc1-c1cnc2c(n1)CCNC2. The topological polar surface area (TPSA) is 37.8 Å². The maximum atomic E-state index is 4.74. The lowest BCUT2D eigenvalue weighted by Gasteiger charge is -2.16. The summed E-state index contributed by atoms with van der Waals surface area (Å²) in [5, 5.41) is 3.31. The normalized spacial score (nSPS) is 14.4. The first kappa shape index (κ1) is 10.4. The molecule has 1 N–H and O–H groups in total. The van der Waals surface area contributed by atoms with Gasteiger partial charge in [-0.3, -0.25) is 4.98 Å². The highest BCUT2D eigenvalue weighted by Gasteiger charge is 2.13. The van der Waals surface area contributed by atoms with Gasteiger partial charge >= 0.3 is 0 Å². The lowest BCUT2D eigenvalue weighted by Crippen LogP contribution is -2.25. The fourth-order valence-corrected chi connectivity index (χ4v) is 2.20. The predicted molar refractivity (Wildman–Crippen MR) is 67.6 cm³/mol. The van der Waals surface area contributed by atoms with Gasteiger partial charge in [0, 0.05) is 25.1 Å². The van der Waals surface area contributed by atoms with Crippen LogP contribution in [0.15, 0.2) is 30.5 Å². The summed E-state index contributed by atoms with van der Waals surface area (Å²) in [6, 6.07) is 8.31. The predicted octanol–water partition coefficient (Wildman–Crippen LogP) is 2.10. The molecule has 1 aliphatic rings. The number of hydrogen-bond donors (Lipinski definition) is 1. The summed E-state index contributed by atoms with van der Waals surface area (Å²) in [5.74, 6) is 0. The Labute approximate surface area is 101 Å². The number of rotatable bonds is 1. The van der Waals surface area contributed by atoms with Gasteiger partial charge in [0.25, 0.3) is 0 Å². The molecule has 17 heavy (non-hydrogen) atoms. The minimum Gasteiger partial charge on any atom is -0.311 e. The molecule has 0 saturated heterocycles. The first-order valence-corrected chi connectivity index (χ1v) is 5.96. The number of aryl methyl sites for hydroxylation is 1. The van der Waals surface area contributed by atoms with Crippen molar-refractivity contribution in [3.8, 4) is 11.3 Å². The highest BCUT2D eigenvalue weighted by Crippen LogP contribution is 2.22. The van der Waals surface area contributed by atoms with Crippen molar-refractivity contribution in [3.63, 3.8) is 0 Å². The van der Waals surface area contributed by atoms with Gasteiger partial charge in [0.15, 0.2) is 0 Å². The molecule has 86 valence electrons.